The van der Waals surface area contributed by atoms with Gasteiger partial charge >= 0.3 is 6.09 Å². The molecule has 0 aliphatic rings. The minimum absolute atomic E-state index is 0.138. The summed E-state index contributed by atoms with van der Waals surface area (Å²) >= 11 is 0. The number of imidazole rings is 1. The van der Waals surface area contributed by atoms with Gasteiger partial charge in [-0.25, -0.2) is 9.78 Å². The van der Waals surface area contributed by atoms with Crippen LogP contribution in [0.15, 0.2) is 48.8 Å². The van der Waals surface area contributed by atoms with E-state index in [9.17, 15) is 4.79 Å². The molecule has 0 bridgehead atoms. The Bertz CT molecular complexity index is 1240. The number of anilines is 1. The van der Waals surface area contributed by atoms with Crippen molar-refractivity contribution in [1.29, 1.82) is 0 Å². The zero-order chi connectivity index (χ0) is 22.0. The van der Waals surface area contributed by atoms with Gasteiger partial charge in [-0.2, -0.15) is 5.10 Å². The van der Waals surface area contributed by atoms with Gasteiger partial charge in [0.1, 0.15) is 12.4 Å². The lowest BCUT2D eigenvalue weighted by molar-refractivity contribution is 0.155. The van der Waals surface area contributed by atoms with E-state index in [1.165, 1.54) is 0 Å². The van der Waals surface area contributed by atoms with Crippen LogP contribution in [-0.4, -0.2) is 39.6 Å². The third-order valence-corrected chi connectivity index (χ3v) is 4.95. The highest BCUT2D eigenvalue weighted by Gasteiger charge is 2.13. The predicted octanol–water partition coefficient (Wildman–Crippen LogP) is 3.74. The highest BCUT2D eigenvalue weighted by molar-refractivity contribution is 5.84. The van der Waals surface area contributed by atoms with Gasteiger partial charge in [0.05, 0.1) is 37.3 Å². The van der Waals surface area contributed by atoms with Crippen LogP contribution in [0.2, 0.25) is 0 Å². The average molecular weight is 421 g/mol. The van der Waals surface area contributed by atoms with Crippen LogP contribution < -0.4 is 14.8 Å². The van der Waals surface area contributed by atoms with Gasteiger partial charge < -0.3 is 18.8 Å². The number of benzene rings is 2. The molecular formula is C22H23N5O4. The number of carbonyl (C=O) groups is 1. The quantitative estimate of drug-likeness (QED) is 0.510. The Labute approximate surface area is 179 Å². The maximum atomic E-state index is 12.3. The molecule has 0 saturated heterocycles. The minimum atomic E-state index is -0.567. The molecule has 1 N–H and O–H groups in total. The third kappa shape index (κ3) is 4.16. The number of hydrogen-bond donors (Lipinski definition) is 1. The molecule has 4 aromatic rings. The van der Waals surface area contributed by atoms with Crippen LogP contribution in [-0.2, 0) is 25.4 Å². The van der Waals surface area contributed by atoms with Gasteiger partial charge in [-0.3, -0.25) is 10.00 Å². The molecule has 31 heavy (non-hydrogen) atoms. The maximum Gasteiger partial charge on any atom is 0.413 e. The monoisotopic (exact) mass is 421 g/mol. The minimum Gasteiger partial charge on any atom is -0.493 e. The van der Waals surface area contributed by atoms with Gasteiger partial charge in [-0.1, -0.05) is 6.07 Å². The van der Waals surface area contributed by atoms with Crippen LogP contribution in [0, 0.1) is 0 Å². The van der Waals surface area contributed by atoms with Crippen molar-refractivity contribution in [2.24, 2.45) is 14.1 Å². The highest BCUT2D eigenvalue weighted by Crippen LogP contribution is 2.32. The molecule has 4 rings (SSSR count). The lowest BCUT2D eigenvalue weighted by Gasteiger charge is -2.08. The predicted molar refractivity (Wildman–Crippen MR) is 116 cm³/mol. The number of aryl methyl sites for hydroxylation is 2. The summed E-state index contributed by atoms with van der Waals surface area (Å²) in [5, 5.41) is 7.19. The van der Waals surface area contributed by atoms with Crippen LogP contribution in [0.5, 0.6) is 11.5 Å². The fourth-order valence-electron chi connectivity index (χ4n) is 3.28. The number of nitrogens with zero attached hydrogens (tertiary/aromatic N) is 4. The lowest BCUT2D eigenvalue weighted by Crippen LogP contribution is -2.15. The summed E-state index contributed by atoms with van der Waals surface area (Å²) < 4.78 is 19.5. The van der Waals surface area contributed by atoms with E-state index in [0.29, 0.717) is 23.0 Å². The summed E-state index contributed by atoms with van der Waals surface area (Å²) in [5.74, 6) is 1.74. The molecule has 9 heteroatoms. The average Bonchev–Trinajstić information content (AvgIpc) is 3.34. The molecule has 9 nitrogen and oxygen atoms in total. The fraction of sp³-hybridized carbons (Fsp3) is 0.227. The molecular weight excluding hydrogens is 398 g/mol. The Balaban J connectivity index is 1.43. The van der Waals surface area contributed by atoms with Gasteiger partial charge in [-0.05, 0) is 35.9 Å². The molecule has 2 aromatic heterocycles. The molecule has 1 amide bonds. The van der Waals surface area contributed by atoms with E-state index in [0.717, 1.165) is 22.2 Å². The van der Waals surface area contributed by atoms with Crippen molar-refractivity contribution in [3.05, 3.63) is 54.4 Å². The molecule has 160 valence electrons. The molecule has 0 radical (unpaired) electrons. The summed E-state index contributed by atoms with van der Waals surface area (Å²) in [7, 11) is 6.84. The number of carbonyl (C=O) groups excluding carboxylic acids is 1. The van der Waals surface area contributed by atoms with E-state index in [4.69, 9.17) is 14.2 Å². The number of rotatable bonds is 6. The normalized spacial score (nSPS) is 10.8. The largest absolute Gasteiger partial charge is 0.493 e. The molecule has 0 atom stereocenters. The SMILES string of the molecule is COc1ccc(-c2cc(NC(=O)OCc3ccc4c(c3)ncn4C)n(C)n2)cc1OC. The van der Waals surface area contributed by atoms with Crippen molar-refractivity contribution in [1.82, 2.24) is 19.3 Å². The fourth-order valence-corrected chi connectivity index (χ4v) is 3.28. The first-order valence-electron chi connectivity index (χ1n) is 9.58. The van der Waals surface area contributed by atoms with E-state index in [-0.39, 0.29) is 6.61 Å². The van der Waals surface area contributed by atoms with E-state index < -0.39 is 6.09 Å². The second-order valence-corrected chi connectivity index (χ2v) is 6.99. The smallest absolute Gasteiger partial charge is 0.413 e. The number of amides is 1. The zero-order valence-corrected chi connectivity index (χ0v) is 17.7. The number of fused-ring (bicyclic) bond motifs is 1. The Morgan fingerprint density at radius 3 is 2.61 bits per heavy atom. The first-order valence-corrected chi connectivity index (χ1v) is 9.58. The standard InChI is InChI=1S/C22H23N5O4/c1-26-13-23-17-9-14(5-7-18(17)26)12-31-22(28)24-21-11-16(25-27(21)2)15-6-8-19(29-3)20(10-15)30-4/h5-11,13H,12H2,1-4H3,(H,24,28). The van der Waals surface area contributed by atoms with Gasteiger partial charge in [0.15, 0.2) is 11.5 Å². The molecule has 2 heterocycles. The van der Waals surface area contributed by atoms with Crippen LogP contribution >= 0.6 is 0 Å². The second kappa shape index (κ2) is 8.39. The summed E-state index contributed by atoms with van der Waals surface area (Å²) in [6.07, 6.45) is 1.18. The molecule has 0 spiro atoms. The van der Waals surface area contributed by atoms with Crippen molar-refractivity contribution in [2.45, 2.75) is 6.61 Å². The molecule has 2 aromatic carbocycles. The van der Waals surface area contributed by atoms with Crippen molar-refractivity contribution in [3.63, 3.8) is 0 Å². The second-order valence-electron chi connectivity index (χ2n) is 6.99. The maximum absolute atomic E-state index is 12.3. The molecule has 0 saturated carbocycles. The van der Waals surface area contributed by atoms with E-state index in [1.54, 1.807) is 38.3 Å². The van der Waals surface area contributed by atoms with E-state index >= 15 is 0 Å². The van der Waals surface area contributed by atoms with Crippen LogP contribution in [0.25, 0.3) is 22.3 Å². The van der Waals surface area contributed by atoms with Crippen LogP contribution in [0.1, 0.15) is 5.56 Å². The number of ether oxygens (including phenoxy) is 3. The third-order valence-electron chi connectivity index (χ3n) is 4.95. The van der Waals surface area contributed by atoms with Crippen LogP contribution in [0.4, 0.5) is 10.6 Å². The Morgan fingerprint density at radius 1 is 1.03 bits per heavy atom. The van der Waals surface area contributed by atoms with E-state index in [1.807, 2.05) is 48.0 Å². The Morgan fingerprint density at radius 2 is 1.84 bits per heavy atom. The number of hydrogen-bond acceptors (Lipinski definition) is 6. The summed E-state index contributed by atoms with van der Waals surface area (Å²) in [4.78, 5) is 16.6. The topological polar surface area (TPSA) is 92.4 Å². The van der Waals surface area contributed by atoms with Crippen molar-refractivity contribution in [3.8, 4) is 22.8 Å². The van der Waals surface area contributed by atoms with Crippen molar-refractivity contribution >= 4 is 22.9 Å². The highest BCUT2D eigenvalue weighted by atomic mass is 16.5. The summed E-state index contributed by atoms with van der Waals surface area (Å²) in [6, 6.07) is 13.1. The first-order chi connectivity index (χ1) is 15.0. The zero-order valence-electron chi connectivity index (χ0n) is 17.7. The van der Waals surface area contributed by atoms with Gasteiger partial charge in [0.2, 0.25) is 0 Å². The molecule has 0 unspecified atom stereocenters. The first kappa shape index (κ1) is 20.3. The number of aromatic nitrogens is 4. The van der Waals surface area contributed by atoms with Crippen molar-refractivity contribution < 1.29 is 19.0 Å². The van der Waals surface area contributed by atoms with E-state index in [2.05, 4.69) is 15.4 Å². The van der Waals surface area contributed by atoms with Gasteiger partial charge in [-0.15, -0.1) is 0 Å². The lowest BCUT2D eigenvalue weighted by atomic mass is 10.1. The number of nitrogens with one attached hydrogen (secondary N) is 1. The Kier molecular flexibility index (Phi) is 5.48. The van der Waals surface area contributed by atoms with Crippen LogP contribution in [0.3, 0.4) is 0 Å². The molecule has 0 fully saturated rings. The van der Waals surface area contributed by atoms with Gasteiger partial charge in [0, 0.05) is 25.7 Å². The molecule has 0 aliphatic carbocycles. The molecule has 0 aliphatic heterocycles. The summed E-state index contributed by atoms with van der Waals surface area (Å²) in [5.41, 5.74) is 4.25. The van der Waals surface area contributed by atoms with Crippen molar-refractivity contribution in [2.75, 3.05) is 19.5 Å². The summed E-state index contributed by atoms with van der Waals surface area (Å²) in [6.45, 7) is 0.138. The Hall–Kier alpha value is -4.01. The number of methoxy groups -OCH3 is 2. The van der Waals surface area contributed by atoms with Gasteiger partial charge in [0.25, 0.3) is 0 Å².